The molecule has 0 bridgehead atoms. The molecule has 0 radical (unpaired) electrons. The Morgan fingerprint density at radius 3 is 2.57 bits per heavy atom. The molecule has 118 valence electrons. The van der Waals surface area contributed by atoms with Crippen molar-refractivity contribution in [2.75, 3.05) is 18.6 Å². The van der Waals surface area contributed by atoms with Gasteiger partial charge in [-0.3, -0.25) is 4.79 Å². The monoisotopic (exact) mass is 336 g/mol. The van der Waals surface area contributed by atoms with E-state index in [-0.39, 0.29) is 22.4 Å². The molecule has 8 nitrogen and oxygen atoms in total. The number of sulfonamides is 1. The summed E-state index contributed by atoms with van der Waals surface area (Å²) in [5.41, 5.74) is -0.870. The molecule has 1 aliphatic rings. The average molecular weight is 336 g/mol. The summed E-state index contributed by atoms with van der Waals surface area (Å²) >= 11 is 0. The van der Waals surface area contributed by atoms with Gasteiger partial charge in [0.15, 0.2) is 15.6 Å². The molecule has 1 atom stereocenters. The van der Waals surface area contributed by atoms with E-state index < -0.39 is 31.3 Å². The van der Waals surface area contributed by atoms with Gasteiger partial charge >= 0.3 is 0 Å². The summed E-state index contributed by atoms with van der Waals surface area (Å²) in [6.45, 7) is 1.63. The minimum Gasteiger partial charge on any atom is -0.438 e. The molecule has 2 N–H and O–H groups in total. The number of carbonyl (C=O) groups excluding carboxylic acids is 1. The van der Waals surface area contributed by atoms with E-state index in [1.807, 2.05) is 0 Å². The van der Waals surface area contributed by atoms with Crippen LogP contribution in [0.15, 0.2) is 21.6 Å². The Labute approximate surface area is 122 Å². The molecule has 21 heavy (non-hydrogen) atoms. The first-order valence-corrected chi connectivity index (χ1v) is 9.44. The number of nitrogens with one attached hydrogen (secondary N) is 2. The summed E-state index contributed by atoms with van der Waals surface area (Å²) in [5, 5.41) is 2.21. The Hall–Kier alpha value is -1.39. The van der Waals surface area contributed by atoms with Gasteiger partial charge in [0.25, 0.3) is 15.9 Å². The van der Waals surface area contributed by atoms with E-state index in [0.29, 0.717) is 6.42 Å². The summed E-state index contributed by atoms with van der Waals surface area (Å²) < 4.78 is 53.0. The van der Waals surface area contributed by atoms with Crippen molar-refractivity contribution in [3.8, 4) is 0 Å². The van der Waals surface area contributed by atoms with Crippen LogP contribution in [0, 0.1) is 0 Å². The fraction of sp³-hybridized carbons (Fsp3) is 0.545. The second-order valence-electron chi connectivity index (χ2n) is 5.18. The zero-order chi connectivity index (χ0) is 15.9. The van der Waals surface area contributed by atoms with Crippen molar-refractivity contribution in [1.29, 1.82) is 0 Å². The number of hydrogen-bond acceptors (Lipinski definition) is 6. The van der Waals surface area contributed by atoms with Gasteiger partial charge in [-0.05, 0) is 32.5 Å². The molecule has 2 rings (SSSR count). The molecule has 1 fully saturated rings. The van der Waals surface area contributed by atoms with E-state index in [9.17, 15) is 21.6 Å². The van der Waals surface area contributed by atoms with E-state index in [1.54, 1.807) is 6.92 Å². The molecular formula is C11H16N2O6S2. The van der Waals surface area contributed by atoms with Gasteiger partial charge in [0.2, 0.25) is 5.09 Å². The summed E-state index contributed by atoms with van der Waals surface area (Å²) in [6.07, 6.45) is 0.309. The second kappa shape index (κ2) is 5.11. The molecule has 10 heteroatoms. The molecule has 0 saturated carbocycles. The lowest BCUT2D eigenvalue weighted by atomic mass is 10.0. The number of sulfone groups is 1. The molecule has 0 spiro atoms. The van der Waals surface area contributed by atoms with Crippen LogP contribution in [-0.4, -0.2) is 46.8 Å². The van der Waals surface area contributed by atoms with Crippen LogP contribution in [0.4, 0.5) is 0 Å². The molecule has 1 aliphatic heterocycles. The first-order valence-electron chi connectivity index (χ1n) is 6.13. The Balaban J connectivity index is 2.16. The van der Waals surface area contributed by atoms with Crippen molar-refractivity contribution >= 4 is 25.8 Å². The Morgan fingerprint density at radius 2 is 2.05 bits per heavy atom. The number of furan rings is 1. The molecule has 0 aromatic carbocycles. The first-order chi connectivity index (χ1) is 9.57. The smallest absolute Gasteiger partial charge is 0.287 e. The van der Waals surface area contributed by atoms with Crippen molar-refractivity contribution in [3.05, 3.63) is 17.9 Å². The highest BCUT2D eigenvalue weighted by Gasteiger charge is 2.40. The normalized spacial score (nSPS) is 24.9. The van der Waals surface area contributed by atoms with Crippen molar-refractivity contribution in [3.63, 3.8) is 0 Å². The van der Waals surface area contributed by atoms with Crippen LogP contribution in [0.25, 0.3) is 0 Å². The molecular weight excluding hydrogens is 320 g/mol. The Bertz CT molecular complexity index is 764. The third-order valence-corrected chi connectivity index (χ3v) is 6.45. The van der Waals surface area contributed by atoms with Gasteiger partial charge in [-0.1, -0.05) is 0 Å². The summed E-state index contributed by atoms with van der Waals surface area (Å²) in [5.74, 6) is -0.961. The fourth-order valence-electron chi connectivity index (χ4n) is 2.13. The predicted molar refractivity (Wildman–Crippen MR) is 74.1 cm³/mol. The van der Waals surface area contributed by atoms with Crippen LogP contribution in [0.2, 0.25) is 0 Å². The summed E-state index contributed by atoms with van der Waals surface area (Å²) in [6, 6.07) is 2.39. The quantitative estimate of drug-likeness (QED) is 0.764. The number of carbonyl (C=O) groups is 1. The van der Waals surface area contributed by atoms with Crippen molar-refractivity contribution in [1.82, 2.24) is 10.0 Å². The lowest BCUT2D eigenvalue weighted by Crippen LogP contribution is -2.46. The lowest BCUT2D eigenvalue weighted by molar-refractivity contribution is 0.0881. The Morgan fingerprint density at radius 1 is 1.38 bits per heavy atom. The number of hydrogen-bond donors (Lipinski definition) is 2. The van der Waals surface area contributed by atoms with Gasteiger partial charge in [0.05, 0.1) is 17.0 Å². The predicted octanol–water partition coefficient (Wildman–Crippen LogP) is -0.505. The van der Waals surface area contributed by atoms with Crippen LogP contribution in [0.1, 0.15) is 23.9 Å². The van der Waals surface area contributed by atoms with Crippen LogP contribution >= 0.6 is 0 Å². The third kappa shape index (κ3) is 3.44. The SMILES string of the molecule is CNS(=O)(=O)c1ccc(C(=O)N[C@@]2(C)CCS(=O)(=O)C2)o1. The molecule has 1 aromatic rings. The third-order valence-electron chi connectivity index (χ3n) is 3.26. The number of amides is 1. The van der Waals surface area contributed by atoms with Crippen LogP contribution in [-0.2, 0) is 19.9 Å². The van der Waals surface area contributed by atoms with E-state index >= 15 is 0 Å². The highest BCUT2D eigenvalue weighted by molar-refractivity contribution is 7.91. The van der Waals surface area contributed by atoms with Gasteiger partial charge < -0.3 is 9.73 Å². The van der Waals surface area contributed by atoms with Crippen molar-refractivity contribution < 1.29 is 26.0 Å². The minimum atomic E-state index is -3.76. The summed E-state index contributed by atoms with van der Waals surface area (Å²) in [7, 11) is -5.70. The molecule has 1 aromatic heterocycles. The second-order valence-corrected chi connectivity index (χ2v) is 9.18. The maximum Gasteiger partial charge on any atom is 0.287 e. The van der Waals surface area contributed by atoms with Gasteiger partial charge in [0.1, 0.15) is 0 Å². The first kappa shape index (κ1) is 16.0. The van der Waals surface area contributed by atoms with Crippen molar-refractivity contribution in [2.45, 2.75) is 24.0 Å². The van der Waals surface area contributed by atoms with Gasteiger partial charge in [-0.25, -0.2) is 21.6 Å². The van der Waals surface area contributed by atoms with Gasteiger partial charge in [0, 0.05) is 0 Å². The van der Waals surface area contributed by atoms with E-state index in [0.717, 1.165) is 6.07 Å². The average Bonchev–Trinajstić information content (AvgIpc) is 2.95. The molecule has 0 aliphatic carbocycles. The summed E-state index contributed by atoms with van der Waals surface area (Å²) in [4.78, 5) is 12.0. The van der Waals surface area contributed by atoms with E-state index in [1.165, 1.54) is 13.1 Å². The van der Waals surface area contributed by atoms with Crippen LogP contribution in [0.3, 0.4) is 0 Å². The zero-order valence-corrected chi connectivity index (χ0v) is 13.2. The lowest BCUT2D eigenvalue weighted by Gasteiger charge is -2.22. The number of rotatable bonds is 4. The topological polar surface area (TPSA) is 123 Å². The molecule has 1 amide bonds. The van der Waals surface area contributed by atoms with Crippen LogP contribution < -0.4 is 10.0 Å². The standard InChI is InChI=1S/C11H16N2O6S2/c1-11(5-6-20(15,16)7-11)13-10(14)8-3-4-9(19-8)21(17,18)12-2/h3-4,12H,5-7H2,1-2H3,(H,13,14)/t11-/m0/s1. The zero-order valence-electron chi connectivity index (χ0n) is 11.5. The molecule has 2 heterocycles. The highest BCUT2D eigenvalue weighted by atomic mass is 32.2. The van der Waals surface area contributed by atoms with Gasteiger partial charge in [-0.2, -0.15) is 0 Å². The van der Waals surface area contributed by atoms with E-state index in [2.05, 4.69) is 10.0 Å². The minimum absolute atomic E-state index is 0.0152. The van der Waals surface area contributed by atoms with E-state index in [4.69, 9.17) is 4.42 Å². The molecule has 0 unspecified atom stereocenters. The highest BCUT2D eigenvalue weighted by Crippen LogP contribution is 2.23. The van der Waals surface area contributed by atoms with Crippen molar-refractivity contribution in [2.24, 2.45) is 0 Å². The molecule has 1 saturated heterocycles. The van der Waals surface area contributed by atoms with Crippen LogP contribution in [0.5, 0.6) is 0 Å². The fourth-order valence-corrected chi connectivity index (χ4v) is 4.87. The largest absolute Gasteiger partial charge is 0.438 e. The maximum absolute atomic E-state index is 12.0. The Kier molecular flexibility index (Phi) is 3.89. The van der Waals surface area contributed by atoms with Gasteiger partial charge in [-0.15, -0.1) is 0 Å². The maximum atomic E-state index is 12.0.